The third-order valence-electron chi connectivity index (χ3n) is 3.18. The van der Waals surface area contributed by atoms with Gasteiger partial charge in [-0.25, -0.2) is 13.1 Å². The van der Waals surface area contributed by atoms with Gasteiger partial charge in [0.1, 0.15) is 6.07 Å². The van der Waals surface area contributed by atoms with Gasteiger partial charge in [-0.15, -0.1) is 0 Å². The molecule has 0 bridgehead atoms. The topological polar surface area (TPSA) is 70.0 Å². The minimum Gasteiger partial charge on any atom is -0.208 e. The van der Waals surface area contributed by atoms with Crippen molar-refractivity contribution in [3.8, 4) is 6.07 Å². The monoisotopic (exact) mass is 314 g/mol. The van der Waals surface area contributed by atoms with Crippen LogP contribution >= 0.6 is 11.6 Å². The van der Waals surface area contributed by atoms with Crippen molar-refractivity contribution in [2.24, 2.45) is 5.92 Å². The fraction of sp³-hybridized carbons (Fsp3) is 0.500. The number of hydrogen-bond donors (Lipinski definition) is 1. The largest absolute Gasteiger partial charge is 0.240 e. The average Bonchev–Trinajstić information content (AvgIpc) is 2.37. The molecule has 0 aliphatic rings. The molecule has 0 radical (unpaired) electrons. The van der Waals surface area contributed by atoms with Gasteiger partial charge in [-0.1, -0.05) is 31.9 Å². The maximum Gasteiger partial charge on any atom is 0.240 e. The minimum absolute atomic E-state index is 0.0810. The summed E-state index contributed by atoms with van der Waals surface area (Å²) < 4.78 is 27.1. The van der Waals surface area contributed by atoms with Crippen LogP contribution < -0.4 is 4.72 Å². The van der Waals surface area contributed by atoms with Crippen LogP contribution in [0.2, 0.25) is 5.02 Å². The second kappa shape index (κ2) is 7.07. The molecule has 6 heteroatoms. The fourth-order valence-electron chi connectivity index (χ4n) is 1.90. The van der Waals surface area contributed by atoms with Crippen LogP contribution in [0, 0.1) is 17.2 Å². The summed E-state index contributed by atoms with van der Waals surface area (Å²) in [6.45, 7) is 6.00. The van der Waals surface area contributed by atoms with Crippen molar-refractivity contribution in [2.75, 3.05) is 0 Å². The quantitative estimate of drug-likeness (QED) is 0.875. The molecule has 0 aliphatic carbocycles. The highest BCUT2D eigenvalue weighted by Crippen LogP contribution is 2.21. The SMILES string of the molecule is CCC(C)CC(C)NS(=O)(=O)c1ccc(C#N)c(Cl)c1. The molecular weight excluding hydrogens is 296 g/mol. The van der Waals surface area contributed by atoms with Gasteiger partial charge in [-0.2, -0.15) is 5.26 Å². The van der Waals surface area contributed by atoms with Gasteiger partial charge in [0, 0.05) is 6.04 Å². The minimum atomic E-state index is -3.60. The lowest BCUT2D eigenvalue weighted by Gasteiger charge is -2.17. The van der Waals surface area contributed by atoms with E-state index in [0.717, 1.165) is 12.8 Å². The molecule has 0 aliphatic heterocycles. The van der Waals surface area contributed by atoms with E-state index in [1.807, 2.05) is 13.0 Å². The van der Waals surface area contributed by atoms with Crippen LogP contribution in [0.3, 0.4) is 0 Å². The molecule has 0 heterocycles. The molecule has 1 N–H and O–H groups in total. The third-order valence-corrected chi connectivity index (χ3v) is 5.08. The lowest BCUT2D eigenvalue weighted by molar-refractivity contribution is 0.445. The number of nitrogens with zero attached hydrogens (tertiary/aromatic N) is 1. The predicted molar refractivity (Wildman–Crippen MR) is 80.0 cm³/mol. The summed E-state index contributed by atoms with van der Waals surface area (Å²) in [6, 6.07) is 5.86. The second-order valence-corrected chi connectivity index (χ2v) is 7.15. The van der Waals surface area contributed by atoms with E-state index in [1.54, 1.807) is 0 Å². The molecule has 0 saturated heterocycles. The van der Waals surface area contributed by atoms with Crippen LogP contribution in [0.1, 0.15) is 39.2 Å². The van der Waals surface area contributed by atoms with Crippen molar-refractivity contribution in [1.82, 2.24) is 4.72 Å². The smallest absolute Gasteiger partial charge is 0.208 e. The van der Waals surface area contributed by atoms with Crippen molar-refractivity contribution in [3.63, 3.8) is 0 Å². The van der Waals surface area contributed by atoms with E-state index in [0.29, 0.717) is 5.92 Å². The fourth-order valence-corrected chi connectivity index (χ4v) is 3.47. The highest BCUT2D eigenvalue weighted by atomic mass is 35.5. The normalized spacial score (nSPS) is 14.6. The van der Waals surface area contributed by atoms with Crippen molar-refractivity contribution in [1.29, 1.82) is 5.26 Å². The molecule has 20 heavy (non-hydrogen) atoms. The van der Waals surface area contributed by atoms with Crippen molar-refractivity contribution in [3.05, 3.63) is 28.8 Å². The van der Waals surface area contributed by atoms with Gasteiger partial charge in [0.15, 0.2) is 0 Å². The highest BCUT2D eigenvalue weighted by molar-refractivity contribution is 7.89. The maximum atomic E-state index is 12.2. The van der Waals surface area contributed by atoms with E-state index in [2.05, 4.69) is 18.6 Å². The summed E-state index contributed by atoms with van der Waals surface area (Å²) in [7, 11) is -3.60. The second-order valence-electron chi connectivity index (χ2n) is 5.02. The molecule has 0 spiro atoms. The Labute approximate surface area is 125 Å². The van der Waals surface area contributed by atoms with Gasteiger partial charge in [-0.05, 0) is 37.5 Å². The maximum absolute atomic E-state index is 12.2. The summed E-state index contributed by atoms with van der Waals surface area (Å²) >= 11 is 5.86. The summed E-state index contributed by atoms with van der Waals surface area (Å²) in [6.07, 6.45) is 1.79. The van der Waals surface area contributed by atoms with Crippen molar-refractivity contribution >= 4 is 21.6 Å². The molecule has 2 atom stereocenters. The number of benzene rings is 1. The first-order valence-electron chi connectivity index (χ1n) is 6.52. The van der Waals surface area contributed by atoms with Gasteiger partial charge < -0.3 is 0 Å². The summed E-state index contributed by atoms with van der Waals surface area (Å²) in [4.78, 5) is 0.0810. The number of hydrogen-bond acceptors (Lipinski definition) is 3. The molecule has 0 amide bonds. The summed E-state index contributed by atoms with van der Waals surface area (Å²) in [5, 5.41) is 8.93. The van der Waals surface area contributed by atoms with E-state index in [-0.39, 0.29) is 21.5 Å². The van der Waals surface area contributed by atoms with E-state index >= 15 is 0 Å². The van der Waals surface area contributed by atoms with Crippen LogP contribution in [0.25, 0.3) is 0 Å². The Kier molecular flexibility index (Phi) is 6.00. The Bertz CT molecular complexity index is 608. The molecule has 0 fully saturated rings. The van der Waals surface area contributed by atoms with E-state index in [4.69, 9.17) is 16.9 Å². The Morgan fingerprint density at radius 3 is 2.55 bits per heavy atom. The van der Waals surface area contributed by atoms with Gasteiger partial charge >= 0.3 is 0 Å². The molecule has 1 aromatic carbocycles. The molecule has 0 saturated carbocycles. The zero-order valence-electron chi connectivity index (χ0n) is 11.9. The first-order valence-corrected chi connectivity index (χ1v) is 8.38. The third kappa shape index (κ3) is 4.48. The molecule has 1 aromatic rings. The highest BCUT2D eigenvalue weighted by Gasteiger charge is 2.19. The van der Waals surface area contributed by atoms with Crippen LogP contribution in [0.15, 0.2) is 23.1 Å². The number of rotatable bonds is 6. The Balaban J connectivity index is 2.89. The Hall–Kier alpha value is -1.09. The number of nitriles is 1. The van der Waals surface area contributed by atoms with Gasteiger partial charge in [-0.3, -0.25) is 0 Å². The summed E-state index contributed by atoms with van der Waals surface area (Å²) in [5.74, 6) is 0.456. The molecule has 0 aromatic heterocycles. The van der Waals surface area contributed by atoms with Gasteiger partial charge in [0.25, 0.3) is 0 Å². The van der Waals surface area contributed by atoms with Crippen LogP contribution in [0.4, 0.5) is 0 Å². The molecule has 110 valence electrons. The van der Waals surface area contributed by atoms with E-state index < -0.39 is 10.0 Å². The van der Waals surface area contributed by atoms with E-state index in [9.17, 15) is 8.42 Å². The molecule has 2 unspecified atom stereocenters. The average molecular weight is 315 g/mol. The molecular formula is C14H19ClN2O2S. The number of sulfonamides is 1. The lowest BCUT2D eigenvalue weighted by Crippen LogP contribution is -2.33. The molecule has 4 nitrogen and oxygen atoms in total. The number of halogens is 1. The first kappa shape index (κ1) is 17.0. The zero-order valence-corrected chi connectivity index (χ0v) is 13.4. The molecule has 1 rings (SSSR count). The Morgan fingerprint density at radius 1 is 1.40 bits per heavy atom. The standard InChI is InChI=1S/C14H19ClN2O2S/c1-4-10(2)7-11(3)17-20(18,19)13-6-5-12(9-16)14(15)8-13/h5-6,8,10-11,17H,4,7H2,1-3H3. The Morgan fingerprint density at radius 2 is 2.05 bits per heavy atom. The van der Waals surface area contributed by atoms with Crippen LogP contribution in [-0.2, 0) is 10.0 Å². The van der Waals surface area contributed by atoms with Crippen LogP contribution in [0.5, 0.6) is 0 Å². The van der Waals surface area contributed by atoms with Gasteiger partial charge in [0.2, 0.25) is 10.0 Å². The summed E-state index contributed by atoms with van der Waals surface area (Å²) in [5.41, 5.74) is 0.262. The van der Waals surface area contributed by atoms with Gasteiger partial charge in [0.05, 0.1) is 15.5 Å². The number of nitrogens with one attached hydrogen (secondary N) is 1. The first-order chi connectivity index (χ1) is 9.30. The van der Waals surface area contributed by atoms with Crippen LogP contribution in [-0.4, -0.2) is 14.5 Å². The zero-order chi connectivity index (χ0) is 15.3. The van der Waals surface area contributed by atoms with E-state index in [1.165, 1.54) is 18.2 Å². The predicted octanol–water partition coefficient (Wildman–Crippen LogP) is 3.31. The van der Waals surface area contributed by atoms with Crippen molar-refractivity contribution in [2.45, 2.75) is 44.6 Å². The van der Waals surface area contributed by atoms with Crippen molar-refractivity contribution < 1.29 is 8.42 Å². The lowest BCUT2D eigenvalue weighted by atomic mass is 10.0.